The van der Waals surface area contributed by atoms with Crippen LogP contribution in [-0.2, 0) is 11.4 Å². The second-order valence-electron chi connectivity index (χ2n) is 8.00. The molecule has 1 atom stereocenters. The van der Waals surface area contributed by atoms with Crippen molar-refractivity contribution in [2.75, 3.05) is 0 Å². The van der Waals surface area contributed by atoms with Crippen molar-refractivity contribution in [3.8, 4) is 5.75 Å². The standard InChI is InChI=1S/C26H24Cl2FN3O3/c1-16(2)24(31-25(33)17-8-11-21(29)12-9-17)26(34)32-30-14-18-5-3-4-6-23(18)35-15-19-7-10-20(27)13-22(19)28/h3-14,16,24H,15H2,1-2H3,(H,31,33)(H,32,34). The SMILES string of the molecule is CC(C)C(NC(=O)c1ccc(F)cc1)C(=O)NN=Cc1ccccc1OCc1ccc(Cl)cc1Cl. The van der Waals surface area contributed by atoms with Gasteiger partial charge in [-0.1, -0.05) is 55.2 Å². The number of ether oxygens (including phenoxy) is 1. The van der Waals surface area contributed by atoms with E-state index in [2.05, 4.69) is 15.8 Å². The Hall–Kier alpha value is -3.42. The number of hydrogen-bond donors (Lipinski definition) is 2. The number of hydrazone groups is 1. The average molecular weight is 516 g/mol. The number of hydrogen-bond acceptors (Lipinski definition) is 4. The van der Waals surface area contributed by atoms with E-state index in [1.807, 2.05) is 12.1 Å². The average Bonchev–Trinajstić information content (AvgIpc) is 2.82. The van der Waals surface area contributed by atoms with Crippen LogP contribution in [0.4, 0.5) is 4.39 Å². The molecule has 0 fully saturated rings. The zero-order valence-corrected chi connectivity index (χ0v) is 20.6. The molecule has 0 aliphatic heterocycles. The summed E-state index contributed by atoms with van der Waals surface area (Å²) in [6.07, 6.45) is 1.45. The van der Waals surface area contributed by atoms with Gasteiger partial charge in [-0.2, -0.15) is 5.10 Å². The molecule has 0 bridgehead atoms. The monoisotopic (exact) mass is 515 g/mol. The third-order valence-electron chi connectivity index (χ3n) is 5.04. The summed E-state index contributed by atoms with van der Waals surface area (Å²) >= 11 is 12.1. The molecule has 0 saturated heterocycles. The highest BCUT2D eigenvalue weighted by molar-refractivity contribution is 6.35. The Morgan fingerprint density at radius 3 is 2.46 bits per heavy atom. The zero-order chi connectivity index (χ0) is 25.4. The normalized spacial score (nSPS) is 11.9. The summed E-state index contributed by atoms with van der Waals surface area (Å²) in [4.78, 5) is 25.2. The fourth-order valence-corrected chi connectivity index (χ4v) is 3.57. The predicted octanol–water partition coefficient (Wildman–Crippen LogP) is 5.62. The van der Waals surface area contributed by atoms with Crippen molar-refractivity contribution in [3.63, 3.8) is 0 Å². The molecule has 0 radical (unpaired) electrons. The molecule has 0 heterocycles. The lowest BCUT2D eigenvalue weighted by molar-refractivity contribution is -0.123. The van der Waals surface area contributed by atoms with E-state index in [9.17, 15) is 14.0 Å². The maximum atomic E-state index is 13.1. The Morgan fingerprint density at radius 1 is 1.06 bits per heavy atom. The van der Waals surface area contributed by atoms with Crippen LogP contribution in [0.3, 0.4) is 0 Å². The molecule has 0 spiro atoms. The highest BCUT2D eigenvalue weighted by Gasteiger charge is 2.24. The smallest absolute Gasteiger partial charge is 0.262 e. The molecule has 0 saturated carbocycles. The lowest BCUT2D eigenvalue weighted by Gasteiger charge is -2.20. The number of carbonyl (C=O) groups excluding carboxylic acids is 2. The molecule has 2 amide bonds. The quantitative estimate of drug-likeness (QED) is 0.286. The summed E-state index contributed by atoms with van der Waals surface area (Å²) in [7, 11) is 0. The third kappa shape index (κ3) is 7.53. The molecule has 2 N–H and O–H groups in total. The van der Waals surface area contributed by atoms with E-state index in [1.165, 1.54) is 30.5 Å². The van der Waals surface area contributed by atoms with Gasteiger partial charge in [0.15, 0.2) is 0 Å². The summed E-state index contributed by atoms with van der Waals surface area (Å²) in [5.74, 6) is -1.09. The molecule has 35 heavy (non-hydrogen) atoms. The van der Waals surface area contributed by atoms with E-state index in [0.717, 1.165) is 5.56 Å². The molecule has 0 aromatic heterocycles. The summed E-state index contributed by atoms with van der Waals surface area (Å²) in [5, 5.41) is 7.73. The van der Waals surface area contributed by atoms with Crippen LogP contribution in [0.5, 0.6) is 5.75 Å². The van der Waals surface area contributed by atoms with Crippen LogP contribution in [0, 0.1) is 11.7 Å². The molecule has 1 unspecified atom stereocenters. The molecular weight excluding hydrogens is 492 g/mol. The molecular formula is C26H24Cl2FN3O3. The molecule has 3 aromatic carbocycles. The second kappa shape index (κ2) is 12.3. The van der Waals surface area contributed by atoms with Crippen molar-refractivity contribution in [2.24, 2.45) is 11.0 Å². The first kappa shape index (κ1) is 26.2. The maximum Gasteiger partial charge on any atom is 0.262 e. The number of halogens is 3. The molecule has 3 rings (SSSR count). The second-order valence-corrected chi connectivity index (χ2v) is 8.84. The van der Waals surface area contributed by atoms with Crippen LogP contribution < -0.4 is 15.5 Å². The van der Waals surface area contributed by atoms with Gasteiger partial charge >= 0.3 is 0 Å². The number of nitrogens with one attached hydrogen (secondary N) is 2. The van der Waals surface area contributed by atoms with Crippen LogP contribution in [0.25, 0.3) is 0 Å². The number of para-hydroxylation sites is 1. The molecule has 9 heteroatoms. The Bertz CT molecular complexity index is 1220. The van der Waals surface area contributed by atoms with Crippen LogP contribution in [-0.4, -0.2) is 24.1 Å². The first-order chi connectivity index (χ1) is 16.7. The molecule has 3 aromatic rings. The van der Waals surface area contributed by atoms with Crippen molar-refractivity contribution >= 4 is 41.2 Å². The van der Waals surface area contributed by atoms with Crippen molar-refractivity contribution in [2.45, 2.75) is 26.5 Å². The lowest BCUT2D eigenvalue weighted by Crippen LogP contribution is -2.48. The number of amides is 2. The van der Waals surface area contributed by atoms with Gasteiger partial charge in [-0.3, -0.25) is 9.59 Å². The van der Waals surface area contributed by atoms with Gasteiger partial charge in [0, 0.05) is 26.7 Å². The zero-order valence-electron chi connectivity index (χ0n) is 19.1. The Kier molecular flexibility index (Phi) is 9.23. The van der Waals surface area contributed by atoms with E-state index in [4.69, 9.17) is 27.9 Å². The summed E-state index contributed by atoms with van der Waals surface area (Å²) in [6, 6.07) is 16.6. The van der Waals surface area contributed by atoms with E-state index in [0.29, 0.717) is 21.4 Å². The number of nitrogens with zero attached hydrogens (tertiary/aromatic N) is 1. The predicted molar refractivity (Wildman–Crippen MR) is 135 cm³/mol. The van der Waals surface area contributed by atoms with Crippen molar-refractivity contribution in [1.82, 2.24) is 10.7 Å². The first-order valence-electron chi connectivity index (χ1n) is 10.8. The largest absolute Gasteiger partial charge is 0.488 e. The minimum absolute atomic E-state index is 0.214. The Balaban J connectivity index is 1.63. The number of benzene rings is 3. The van der Waals surface area contributed by atoms with Gasteiger partial charge in [-0.05, 0) is 54.4 Å². The highest BCUT2D eigenvalue weighted by atomic mass is 35.5. The number of rotatable bonds is 9. The third-order valence-corrected chi connectivity index (χ3v) is 5.62. The van der Waals surface area contributed by atoms with Crippen LogP contribution in [0.1, 0.15) is 35.3 Å². The van der Waals surface area contributed by atoms with Gasteiger partial charge in [-0.15, -0.1) is 0 Å². The molecule has 182 valence electrons. The number of carbonyl (C=O) groups is 2. The Labute approximate surface area is 213 Å². The van der Waals surface area contributed by atoms with Gasteiger partial charge in [0.25, 0.3) is 11.8 Å². The first-order valence-corrected chi connectivity index (χ1v) is 11.6. The van der Waals surface area contributed by atoms with Gasteiger partial charge < -0.3 is 10.1 Å². The minimum atomic E-state index is -0.844. The Morgan fingerprint density at radius 2 is 1.77 bits per heavy atom. The van der Waals surface area contributed by atoms with Gasteiger partial charge in [0.2, 0.25) is 0 Å². The molecule has 0 aliphatic rings. The van der Waals surface area contributed by atoms with Gasteiger partial charge in [0.1, 0.15) is 24.2 Å². The topological polar surface area (TPSA) is 79.8 Å². The van der Waals surface area contributed by atoms with Gasteiger partial charge in [0.05, 0.1) is 6.21 Å². The van der Waals surface area contributed by atoms with E-state index in [1.54, 1.807) is 44.2 Å². The minimum Gasteiger partial charge on any atom is -0.488 e. The maximum absolute atomic E-state index is 13.1. The fourth-order valence-electron chi connectivity index (χ4n) is 3.11. The van der Waals surface area contributed by atoms with Crippen molar-refractivity contribution in [1.29, 1.82) is 0 Å². The van der Waals surface area contributed by atoms with Crippen LogP contribution in [0.2, 0.25) is 10.0 Å². The van der Waals surface area contributed by atoms with Crippen LogP contribution in [0.15, 0.2) is 71.8 Å². The summed E-state index contributed by atoms with van der Waals surface area (Å²) in [5.41, 5.74) is 4.11. The van der Waals surface area contributed by atoms with Gasteiger partial charge in [-0.25, -0.2) is 9.82 Å². The lowest BCUT2D eigenvalue weighted by atomic mass is 10.0. The molecule has 0 aliphatic carbocycles. The summed E-state index contributed by atoms with van der Waals surface area (Å²) < 4.78 is 19.0. The van der Waals surface area contributed by atoms with E-state index < -0.39 is 23.7 Å². The summed E-state index contributed by atoms with van der Waals surface area (Å²) in [6.45, 7) is 3.81. The van der Waals surface area contributed by atoms with Crippen molar-refractivity contribution in [3.05, 3.63) is 99.3 Å². The fraction of sp³-hybridized carbons (Fsp3) is 0.192. The van der Waals surface area contributed by atoms with E-state index >= 15 is 0 Å². The van der Waals surface area contributed by atoms with E-state index in [-0.39, 0.29) is 18.1 Å². The van der Waals surface area contributed by atoms with Crippen molar-refractivity contribution < 1.29 is 18.7 Å². The highest BCUT2D eigenvalue weighted by Crippen LogP contribution is 2.24. The molecule has 6 nitrogen and oxygen atoms in total. The van der Waals surface area contributed by atoms with Crippen LogP contribution >= 0.6 is 23.2 Å².